The van der Waals surface area contributed by atoms with Gasteiger partial charge >= 0.3 is 0 Å². The maximum absolute atomic E-state index is 11.7. The molecule has 2 aromatic carbocycles. The summed E-state index contributed by atoms with van der Waals surface area (Å²) in [5.41, 5.74) is 9.25. The van der Waals surface area contributed by atoms with Gasteiger partial charge in [0.05, 0.1) is 16.8 Å². The number of nitrogens with two attached hydrogens (primary N) is 1. The Labute approximate surface area is 145 Å². The number of nitrogen functional groups attached to an aromatic ring is 1. The van der Waals surface area contributed by atoms with E-state index in [1.165, 1.54) is 5.01 Å². The van der Waals surface area contributed by atoms with E-state index in [2.05, 4.69) is 10.4 Å². The van der Waals surface area contributed by atoms with Crippen LogP contribution in [0.3, 0.4) is 0 Å². The van der Waals surface area contributed by atoms with Gasteiger partial charge in [0, 0.05) is 5.69 Å². The van der Waals surface area contributed by atoms with Crippen molar-refractivity contribution in [1.29, 1.82) is 0 Å². The van der Waals surface area contributed by atoms with E-state index in [0.29, 0.717) is 10.7 Å². The topological polar surface area (TPSA) is 74.3 Å². The van der Waals surface area contributed by atoms with Crippen LogP contribution in [-0.4, -0.2) is 17.5 Å². The van der Waals surface area contributed by atoms with Gasteiger partial charge in [-0.2, -0.15) is 0 Å². The summed E-state index contributed by atoms with van der Waals surface area (Å²) in [4.78, 5) is 11.7. The molecule has 2 aromatic rings. The van der Waals surface area contributed by atoms with Gasteiger partial charge in [-0.15, -0.1) is 0 Å². The third-order valence-corrected chi connectivity index (χ3v) is 4.47. The summed E-state index contributed by atoms with van der Waals surface area (Å²) in [5.74, 6) is 0. The molecule has 0 spiro atoms. The van der Waals surface area contributed by atoms with E-state index in [1.54, 1.807) is 17.1 Å². The molecule has 24 heavy (non-hydrogen) atoms. The molecular formula is C17H18ClN5O. The van der Waals surface area contributed by atoms with Crippen molar-refractivity contribution in [2.75, 3.05) is 10.7 Å². The van der Waals surface area contributed by atoms with Crippen molar-refractivity contribution in [3.05, 3.63) is 58.6 Å². The number of para-hydroxylation sites is 1. The Morgan fingerprint density at radius 1 is 1.25 bits per heavy atom. The van der Waals surface area contributed by atoms with Gasteiger partial charge in [0.25, 0.3) is 0 Å². The highest BCUT2D eigenvalue weighted by atomic mass is 35.5. The van der Waals surface area contributed by atoms with E-state index < -0.39 is 6.17 Å². The highest BCUT2D eigenvalue weighted by molar-refractivity contribution is 6.33. The smallest absolute Gasteiger partial charge is 0.198 e. The molecule has 0 radical (unpaired) electrons. The molecule has 7 heteroatoms. The van der Waals surface area contributed by atoms with Crippen molar-refractivity contribution >= 4 is 29.3 Å². The molecule has 1 aliphatic heterocycles. The molecule has 0 amide bonds. The number of carbonyl (C=O) groups is 1. The van der Waals surface area contributed by atoms with Crippen molar-refractivity contribution in [2.24, 2.45) is 10.4 Å². The molecule has 0 fully saturated rings. The zero-order valence-corrected chi connectivity index (χ0v) is 14.2. The van der Waals surface area contributed by atoms with Crippen LogP contribution in [0.4, 0.5) is 11.4 Å². The van der Waals surface area contributed by atoms with Crippen LogP contribution in [0.1, 0.15) is 24.1 Å². The minimum absolute atomic E-state index is 0.143. The fraction of sp³-hybridized carbons (Fsp3) is 0.235. The van der Waals surface area contributed by atoms with Gasteiger partial charge in [-0.3, -0.25) is 4.79 Å². The second-order valence-electron chi connectivity index (χ2n) is 5.70. The number of nitrogens with zero attached hydrogens (tertiary/aromatic N) is 4. The molecule has 0 aliphatic carbocycles. The molecule has 3 rings (SSSR count). The van der Waals surface area contributed by atoms with Gasteiger partial charge in [-0.05, 0) is 53.6 Å². The zero-order chi connectivity index (χ0) is 17.3. The summed E-state index contributed by atoms with van der Waals surface area (Å²) < 4.78 is 0. The number of hydrogen-bond acceptors (Lipinski definition) is 6. The molecule has 0 bridgehead atoms. The first-order chi connectivity index (χ1) is 11.5. The number of aryl methyl sites for hydroxylation is 1. The van der Waals surface area contributed by atoms with Crippen LogP contribution in [0.25, 0.3) is 0 Å². The average Bonchev–Trinajstić information content (AvgIpc) is 3.00. The first-order valence-corrected chi connectivity index (χ1v) is 7.95. The predicted octanol–water partition coefficient (Wildman–Crippen LogP) is 3.92. The average molecular weight is 344 g/mol. The molecule has 1 heterocycles. The lowest BCUT2D eigenvalue weighted by molar-refractivity contribution is -0.112. The number of aldehydes is 1. The molecule has 124 valence electrons. The summed E-state index contributed by atoms with van der Waals surface area (Å²) in [6.07, 6.45) is 0.155. The molecule has 2 N–H and O–H groups in total. The van der Waals surface area contributed by atoms with Crippen molar-refractivity contribution in [3.8, 4) is 0 Å². The summed E-state index contributed by atoms with van der Waals surface area (Å²) in [7, 11) is 0. The second-order valence-corrected chi connectivity index (χ2v) is 6.10. The summed E-state index contributed by atoms with van der Waals surface area (Å²) in [6.45, 7) is 3.92. The van der Waals surface area contributed by atoms with Crippen molar-refractivity contribution < 1.29 is 4.79 Å². The lowest BCUT2D eigenvalue weighted by atomic mass is 10.0. The van der Waals surface area contributed by atoms with Gasteiger partial charge in [-0.25, -0.2) is 10.0 Å². The fourth-order valence-corrected chi connectivity index (χ4v) is 2.90. The number of rotatable bonds is 4. The highest BCUT2D eigenvalue weighted by Gasteiger charge is 2.35. The Kier molecular flexibility index (Phi) is 4.40. The maximum Gasteiger partial charge on any atom is 0.198 e. The van der Waals surface area contributed by atoms with Crippen LogP contribution in [0.5, 0.6) is 0 Å². The lowest BCUT2D eigenvalue weighted by Gasteiger charge is -2.29. The van der Waals surface area contributed by atoms with E-state index in [0.717, 1.165) is 23.1 Å². The van der Waals surface area contributed by atoms with E-state index >= 15 is 0 Å². The summed E-state index contributed by atoms with van der Waals surface area (Å²) in [6, 6.07) is 12.9. The van der Waals surface area contributed by atoms with Gasteiger partial charge in [-0.1, -0.05) is 35.9 Å². The fourth-order valence-electron chi connectivity index (χ4n) is 2.67. The number of anilines is 2. The highest BCUT2D eigenvalue weighted by Crippen LogP contribution is 2.35. The molecule has 0 aromatic heterocycles. The van der Waals surface area contributed by atoms with Crippen LogP contribution >= 0.6 is 11.6 Å². The van der Waals surface area contributed by atoms with E-state index in [4.69, 9.17) is 17.3 Å². The van der Waals surface area contributed by atoms with Crippen molar-refractivity contribution in [3.63, 3.8) is 0 Å². The van der Waals surface area contributed by atoms with Crippen LogP contribution in [0.15, 0.2) is 52.9 Å². The Balaban J connectivity index is 1.90. The second kappa shape index (κ2) is 6.49. The van der Waals surface area contributed by atoms with Crippen LogP contribution in [0, 0.1) is 6.92 Å². The number of carbonyl (C=O) groups excluding carboxylic acids is 1. The van der Waals surface area contributed by atoms with Crippen molar-refractivity contribution in [2.45, 2.75) is 26.1 Å². The minimum Gasteiger partial charge on any atom is -0.399 e. The van der Waals surface area contributed by atoms with Gasteiger partial charge in [0.2, 0.25) is 0 Å². The molecule has 2 unspecified atom stereocenters. The number of hydrogen-bond donors (Lipinski definition) is 1. The third kappa shape index (κ3) is 2.80. The van der Waals surface area contributed by atoms with Crippen LogP contribution in [-0.2, 0) is 4.79 Å². The van der Waals surface area contributed by atoms with Crippen LogP contribution in [0.2, 0.25) is 5.02 Å². The third-order valence-electron chi connectivity index (χ3n) is 4.16. The molecule has 2 atom stereocenters. The first kappa shape index (κ1) is 16.3. The Morgan fingerprint density at radius 3 is 2.67 bits per heavy atom. The molecular weight excluding hydrogens is 326 g/mol. The number of benzene rings is 2. The summed E-state index contributed by atoms with van der Waals surface area (Å²) >= 11 is 6.22. The monoisotopic (exact) mass is 343 g/mol. The number of halogens is 1. The largest absolute Gasteiger partial charge is 0.399 e. The molecule has 6 nitrogen and oxygen atoms in total. The van der Waals surface area contributed by atoms with E-state index in [9.17, 15) is 4.79 Å². The van der Waals surface area contributed by atoms with E-state index in [-0.39, 0.29) is 6.04 Å². The SMILES string of the molecule is Cc1cc(C(C)N2N=NN(c3ccccc3Cl)C2C=O)ccc1N. The summed E-state index contributed by atoms with van der Waals surface area (Å²) in [5, 5.41) is 12.0. The Morgan fingerprint density at radius 2 is 2.00 bits per heavy atom. The Bertz CT molecular complexity index is 794. The molecule has 0 saturated heterocycles. The zero-order valence-electron chi connectivity index (χ0n) is 13.4. The van der Waals surface area contributed by atoms with Crippen LogP contribution < -0.4 is 10.7 Å². The quantitative estimate of drug-likeness (QED) is 0.674. The van der Waals surface area contributed by atoms with Gasteiger partial charge in [0.1, 0.15) is 0 Å². The van der Waals surface area contributed by atoms with Gasteiger partial charge in [0.15, 0.2) is 12.5 Å². The lowest BCUT2D eigenvalue weighted by Crippen LogP contribution is -2.41. The molecule has 0 saturated carbocycles. The standard InChI is InChI=1S/C17H18ClN5O/c1-11-9-13(7-8-15(11)19)12(2)22-17(10-24)23(21-20-22)16-6-4-3-5-14(16)18/h3-10,12,17H,19H2,1-2H3. The van der Waals surface area contributed by atoms with E-state index in [1.807, 2.05) is 44.2 Å². The maximum atomic E-state index is 11.7. The first-order valence-electron chi connectivity index (χ1n) is 7.58. The molecule has 1 aliphatic rings. The minimum atomic E-state index is -0.655. The Hall–Kier alpha value is -2.60. The van der Waals surface area contributed by atoms with Crippen molar-refractivity contribution in [1.82, 2.24) is 5.01 Å². The predicted molar refractivity (Wildman–Crippen MR) is 94.5 cm³/mol. The normalized spacial score (nSPS) is 18.0. The van der Waals surface area contributed by atoms with Gasteiger partial charge < -0.3 is 5.73 Å².